The molecule has 4 heteroatoms. The molecule has 11 heavy (non-hydrogen) atoms. The first-order valence-corrected chi connectivity index (χ1v) is 3.87. The Kier molecular flexibility index (Phi) is 3.32. The lowest BCUT2D eigenvalue weighted by Crippen LogP contribution is -2.33. The van der Waals surface area contributed by atoms with Gasteiger partial charge in [-0.15, -0.1) is 0 Å². The van der Waals surface area contributed by atoms with Crippen LogP contribution in [0.1, 0.15) is 6.92 Å². The second-order valence-electron chi connectivity index (χ2n) is 2.64. The molecule has 1 rings (SSSR count). The Morgan fingerprint density at radius 2 is 1.91 bits per heavy atom. The molecule has 0 aromatic heterocycles. The van der Waals surface area contributed by atoms with Crippen molar-refractivity contribution in [3.8, 4) is 0 Å². The molecule has 2 N–H and O–H groups in total. The van der Waals surface area contributed by atoms with Gasteiger partial charge in [-0.25, -0.2) is 0 Å². The van der Waals surface area contributed by atoms with Crippen LogP contribution >= 0.6 is 0 Å². The largest absolute Gasteiger partial charge is 0.460 e. The second kappa shape index (κ2) is 4.31. The Morgan fingerprint density at radius 3 is 2.36 bits per heavy atom. The predicted octanol–water partition coefficient (Wildman–Crippen LogP) is -0.889. The number of carbonyl (C=O) groups excluding carboxylic acids is 1. The van der Waals surface area contributed by atoms with Gasteiger partial charge in [-0.1, -0.05) is 0 Å². The van der Waals surface area contributed by atoms with Crippen molar-refractivity contribution in [2.24, 2.45) is 0 Å². The van der Waals surface area contributed by atoms with E-state index < -0.39 is 0 Å². The minimum atomic E-state index is -0.208. The van der Waals surface area contributed by atoms with E-state index in [1.54, 1.807) is 0 Å². The molecule has 0 bridgehead atoms. The van der Waals surface area contributed by atoms with Crippen molar-refractivity contribution in [3.63, 3.8) is 0 Å². The topological polar surface area (TPSA) is 50.4 Å². The third kappa shape index (κ3) is 3.34. The van der Waals surface area contributed by atoms with Crippen LogP contribution in [0.3, 0.4) is 0 Å². The van der Waals surface area contributed by atoms with E-state index in [1.807, 2.05) is 0 Å². The number of hydrogen-bond donors (Lipinski definition) is 2. The van der Waals surface area contributed by atoms with Gasteiger partial charge in [0.25, 0.3) is 0 Å². The third-order valence-corrected chi connectivity index (χ3v) is 1.56. The minimum Gasteiger partial charge on any atom is -0.460 e. The van der Waals surface area contributed by atoms with Gasteiger partial charge in [0.15, 0.2) is 0 Å². The van der Waals surface area contributed by atoms with Crippen molar-refractivity contribution in [2.45, 2.75) is 13.0 Å². The molecule has 0 aliphatic carbocycles. The maximum atomic E-state index is 10.5. The minimum absolute atomic E-state index is 0.00463. The van der Waals surface area contributed by atoms with Crippen LogP contribution in [0.4, 0.5) is 0 Å². The SMILES string of the molecule is CC(=O)OC1CNCCNC1. The quantitative estimate of drug-likeness (QED) is 0.486. The van der Waals surface area contributed by atoms with Crippen LogP contribution in [0.5, 0.6) is 0 Å². The van der Waals surface area contributed by atoms with Gasteiger partial charge >= 0.3 is 5.97 Å². The highest BCUT2D eigenvalue weighted by molar-refractivity contribution is 5.66. The van der Waals surface area contributed by atoms with E-state index in [0.29, 0.717) is 0 Å². The normalized spacial score (nSPS) is 20.8. The number of hydrogen-bond acceptors (Lipinski definition) is 4. The van der Waals surface area contributed by atoms with Crippen molar-refractivity contribution in [3.05, 3.63) is 0 Å². The smallest absolute Gasteiger partial charge is 0.302 e. The third-order valence-electron chi connectivity index (χ3n) is 1.56. The first-order valence-electron chi connectivity index (χ1n) is 3.87. The zero-order valence-corrected chi connectivity index (χ0v) is 6.72. The predicted molar refractivity (Wildman–Crippen MR) is 41.3 cm³/mol. The summed E-state index contributed by atoms with van der Waals surface area (Å²) in [6, 6.07) is 0. The molecular weight excluding hydrogens is 144 g/mol. The summed E-state index contributed by atoms with van der Waals surface area (Å²) in [5.41, 5.74) is 0. The van der Waals surface area contributed by atoms with Crippen molar-refractivity contribution < 1.29 is 9.53 Å². The lowest BCUT2D eigenvalue weighted by molar-refractivity contribution is -0.145. The van der Waals surface area contributed by atoms with E-state index in [1.165, 1.54) is 6.92 Å². The number of esters is 1. The molecule has 0 spiro atoms. The monoisotopic (exact) mass is 158 g/mol. The fraction of sp³-hybridized carbons (Fsp3) is 0.857. The molecule has 1 aliphatic heterocycles. The fourth-order valence-corrected chi connectivity index (χ4v) is 1.09. The molecule has 1 fully saturated rings. The lowest BCUT2D eigenvalue weighted by atomic mass is 10.3. The van der Waals surface area contributed by atoms with Crippen molar-refractivity contribution in [2.75, 3.05) is 26.2 Å². The molecule has 1 saturated heterocycles. The maximum absolute atomic E-state index is 10.5. The zero-order chi connectivity index (χ0) is 8.10. The van der Waals surface area contributed by atoms with Gasteiger partial charge in [-0.3, -0.25) is 4.79 Å². The Bertz CT molecular complexity index is 130. The summed E-state index contributed by atoms with van der Waals surface area (Å²) in [5, 5.41) is 6.33. The molecule has 4 nitrogen and oxygen atoms in total. The Hall–Kier alpha value is -0.610. The molecule has 0 amide bonds. The summed E-state index contributed by atoms with van der Waals surface area (Å²) in [5.74, 6) is -0.208. The summed E-state index contributed by atoms with van der Waals surface area (Å²) in [6.45, 7) is 4.83. The van der Waals surface area contributed by atoms with E-state index in [9.17, 15) is 4.79 Å². The van der Waals surface area contributed by atoms with Gasteiger partial charge in [-0.05, 0) is 0 Å². The second-order valence-corrected chi connectivity index (χ2v) is 2.64. The summed E-state index contributed by atoms with van der Waals surface area (Å²) in [4.78, 5) is 10.5. The summed E-state index contributed by atoms with van der Waals surface area (Å²) < 4.78 is 5.01. The molecular formula is C7H14N2O2. The first kappa shape index (κ1) is 8.49. The van der Waals surface area contributed by atoms with Gasteiger partial charge < -0.3 is 15.4 Å². The van der Waals surface area contributed by atoms with E-state index in [-0.39, 0.29) is 12.1 Å². The van der Waals surface area contributed by atoms with Crippen molar-refractivity contribution in [1.29, 1.82) is 0 Å². The number of carbonyl (C=O) groups is 1. The standard InChI is InChI=1S/C7H14N2O2/c1-6(10)11-7-4-8-2-3-9-5-7/h7-9H,2-5H2,1H3. The van der Waals surface area contributed by atoms with Crippen LogP contribution in [0.2, 0.25) is 0 Å². The van der Waals surface area contributed by atoms with Crippen LogP contribution in [0.15, 0.2) is 0 Å². The van der Waals surface area contributed by atoms with Crippen LogP contribution in [-0.2, 0) is 9.53 Å². The van der Waals surface area contributed by atoms with E-state index in [4.69, 9.17) is 4.74 Å². The van der Waals surface area contributed by atoms with Crippen molar-refractivity contribution in [1.82, 2.24) is 10.6 Å². The molecule has 64 valence electrons. The summed E-state index contributed by atoms with van der Waals surface area (Å²) in [6.07, 6.45) is -0.00463. The van der Waals surface area contributed by atoms with Gasteiger partial charge in [0.05, 0.1) is 0 Å². The maximum Gasteiger partial charge on any atom is 0.302 e. The summed E-state index contributed by atoms with van der Waals surface area (Å²) >= 11 is 0. The summed E-state index contributed by atoms with van der Waals surface area (Å²) in [7, 11) is 0. The number of nitrogens with one attached hydrogen (secondary N) is 2. The first-order chi connectivity index (χ1) is 5.29. The van der Waals surface area contributed by atoms with Crippen LogP contribution < -0.4 is 10.6 Å². The molecule has 0 atom stereocenters. The van der Waals surface area contributed by atoms with Crippen molar-refractivity contribution >= 4 is 5.97 Å². The highest BCUT2D eigenvalue weighted by atomic mass is 16.5. The van der Waals surface area contributed by atoms with E-state index in [0.717, 1.165) is 26.2 Å². The van der Waals surface area contributed by atoms with Gasteiger partial charge in [0.1, 0.15) is 6.10 Å². The molecule has 1 aliphatic rings. The zero-order valence-electron chi connectivity index (χ0n) is 6.72. The Morgan fingerprint density at radius 1 is 1.36 bits per heavy atom. The van der Waals surface area contributed by atoms with Gasteiger partial charge in [0, 0.05) is 33.1 Å². The average molecular weight is 158 g/mol. The lowest BCUT2D eigenvalue weighted by Gasteiger charge is -2.13. The Labute approximate surface area is 66.3 Å². The molecule has 1 heterocycles. The average Bonchev–Trinajstić information content (AvgIpc) is 2.14. The highest BCUT2D eigenvalue weighted by Crippen LogP contribution is 1.91. The van der Waals surface area contributed by atoms with Crippen LogP contribution in [0.25, 0.3) is 0 Å². The molecule has 0 radical (unpaired) electrons. The van der Waals surface area contributed by atoms with E-state index >= 15 is 0 Å². The molecule has 0 aromatic rings. The number of rotatable bonds is 1. The van der Waals surface area contributed by atoms with Crippen LogP contribution in [0, 0.1) is 0 Å². The molecule has 0 saturated carbocycles. The molecule has 0 unspecified atom stereocenters. The van der Waals surface area contributed by atoms with E-state index in [2.05, 4.69) is 10.6 Å². The van der Waals surface area contributed by atoms with Gasteiger partial charge in [-0.2, -0.15) is 0 Å². The van der Waals surface area contributed by atoms with Gasteiger partial charge in [0.2, 0.25) is 0 Å². The Balaban J connectivity index is 2.25. The number of ether oxygens (including phenoxy) is 1. The highest BCUT2D eigenvalue weighted by Gasteiger charge is 2.12. The van der Waals surface area contributed by atoms with Crippen LogP contribution in [-0.4, -0.2) is 38.3 Å². The fourth-order valence-electron chi connectivity index (χ4n) is 1.09. The molecule has 0 aromatic carbocycles.